The number of thiophene rings is 1. The topological polar surface area (TPSA) is 12.0 Å². The average molecular weight is 243 g/mol. The van der Waals surface area contributed by atoms with Crippen molar-refractivity contribution in [1.29, 1.82) is 0 Å². The SMILES string of the molecule is CCC(CC)(CNCc1cccs1)SC. The molecule has 0 aliphatic carbocycles. The number of hydrogen-bond acceptors (Lipinski definition) is 3. The van der Waals surface area contributed by atoms with Gasteiger partial charge in [-0.25, -0.2) is 0 Å². The molecule has 0 aliphatic rings. The predicted octanol–water partition coefficient (Wildman–Crippen LogP) is 3.76. The Morgan fingerprint density at radius 3 is 2.60 bits per heavy atom. The molecular formula is C12H21NS2. The zero-order valence-electron chi connectivity index (χ0n) is 9.88. The van der Waals surface area contributed by atoms with Crippen LogP contribution in [-0.4, -0.2) is 17.5 Å². The molecule has 0 unspecified atom stereocenters. The molecule has 3 heteroatoms. The lowest BCUT2D eigenvalue weighted by molar-refractivity contribution is 0.496. The normalized spacial score (nSPS) is 11.9. The first kappa shape index (κ1) is 13.1. The Morgan fingerprint density at radius 2 is 2.13 bits per heavy atom. The van der Waals surface area contributed by atoms with Crippen LogP contribution in [0.1, 0.15) is 31.6 Å². The van der Waals surface area contributed by atoms with Gasteiger partial charge in [0.2, 0.25) is 0 Å². The average Bonchev–Trinajstić information content (AvgIpc) is 2.78. The van der Waals surface area contributed by atoms with E-state index in [1.165, 1.54) is 17.7 Å². The van der Waals surface area contributed by atoms with Gasteiger partial charge in [-0.2, -0.15) is 11.8 Å². The first-order chi connectivity index (χ1) is 7.26. The van der Waals surface area contributed by atoms with Crippen molar-refractivity contribution in [2.75, 3.05) is 12.8 Å². The Labute approximate surface area is 102 Å². The van der Waals surface area contributed by atoms with Gasteiger partial charge in [0.15, 0.2) is 0 Å². The second-order valence-electron chi connectivity index (χ2n) is 3.78. The maximum absolute atomic E-state index is 3.57. The number of hydrogen-bond donors (Lipinski definition) is 1. The Kier molecular flexibility index (Phi) is 5.72. The molecule has 1 rings (SSSR count). The lowest BCUT2D eigenvalue weighted by Crippen LogP contribution is -2.36. The molecule has 1 nitrogen and oxygen atoms in total. The first-order valence-corrected chi connectivity index (χ1v) is 7.65. The Balaban J connectivity index is 2.34. The third-order valence-electron chi connectivity index (χ3n) is 3.05. The van der Waals surface area contributed by atoms with E-state index in [9.17, 15) is 0 Å². The van der Waals surface area contributed by atoms with Crippen LogP contribution in [0.2, 0.25) is 0 Å². The predicted molar refractivity (Wildman–Crippen MR) is 72.9 cm³/mol. The number of nitrogens with one attached hydrogen (secondary N) is 1. The van der Waals surface area contributed by atoms with Crippen molar-refractivity contribution in [2.45, 2.75) is 38.0 Å². The van der Waals surface area contributed by atoms with Gasteiger partial charge in [-0.15, -0.1) is 11.3 Å². The van der Waals surface area contributed by atoms with Gasteiger partial charge >= 0.3 is 0 Å². The molecule has 0 amide bonds. The van der Waals surface area contributed by atoms with Crippen molar-refractivity contribution in [3.8, 4) is 0 Å². The van der Waals surface area contributed by atoms with E-state index in [4.69, 9.17) is 0 Å². The van der Waals surface area contributed by atoms with Crippen molar-refractivity contribution in [1.82, 2.24) is 5.32 Å². The summed E-state index contributed by atoms with van der Waals surface area (Å²) in [5, 5.41) is 5.71. The summed E-state index contributed by atoms with van der Waals surface area (Å²) >= 11 is 3.82. The first-order valence-electron chi connectivity index (χ1n) is 5.54. The molecular weight excluding hydrogens is 222 g/mol. The van der Waals surface area contributed by atoms with Crippen LogP contribution in [0, 0.1) is 0 Å². The second kappa shape index (κ2) is 6.56. The third kappa shape index (κ3) is 3.82. The van der Waals surface area contributed by atoms with Gasteiger partial charge < -0.3 is 5.32 Å². The van der Waals surface area contributed by atoms with Crippen LogP contribution in [0.25, 0.3) is 0 Å². The van der Waals surface area contributed by atoms with Gasteiger partial charge in [-0.1, -0.05) is 19.9 Å². The van der Waals surface area contributed by atoms with Crippen LogP contribution < -0.4 is 5.32 Å². The minimum atomic E-state index is 0.428. The molecule has 1 heterocycles. The summed E-state index contributed by atoms with van der Waals surface area (Å²) in [6, 6.07) is 4.31. The minimum Gasteiger partial charge on any atom is -0.310 e. The maximum atomic E-state index is 3.57. The molecule has 0 aromatic carbocycles. The van der Waals surface area contributed by atoms with Crippen molar-refractivity contribution in [2.24, 2.45) is 0 Å². The fourth-order valence-electron chi connectivity index (χ4n) is 1.69. The van der Waals surface area contributed by atoms with Gasteiger partial charge in [0.1, 0.15) is 0 Å². The van der Waals surface area contributed by atoms with E-state index in [1.807, 2.05) is 23.1 Å². The molecule has 0 radical (unpaired) electrons. The molecule has 0 saturated heterocycles. The van der Waals surface area contributed by atoms with E-state index in [0.717, 1.165) is 13.1 Å². The third-order valence-corrected chi connectivity index (χ3v) is 5.51. The van der Waals surface area contributed by atoms with E-state index in [2.05, 4.69) is 42.9 Å². The van der Waals surface area contributed by atoms with Gasteiger partial charge in [0.25, 0.3) is 0 Å². The van der Waals surface area contributed by atoms with Crippen molar-refractivity contribution in [3.05, 3.63) is 22.4 Å². The molecule has 0 bridgehead atoms. The van der Waals surface area contributed by atoms with E-state index in [0.29, 0.717) is 4.75 Å². The lowest BCUT2D eigenvalue weighted by atomic mass is 10.0. The zero-order chi connectivity index (χ0) is 11.1. The monoisotopic (exact) mass is 243 g/mol. The van der Waals surface area contributed by atoms with Crippen molar-refractivity contribution in [3.63, 3.8) is 0 Å². The van der Waals surface area contributed by atoms with E-state index in [1.54, 1.807) is 0 Å². The Bertz CT molecular complexity index is 244. The van der Waals surface area contributed by atoms with Gasteiger partial charge in [0.05, 0.1) is 0 Å². The summed E-state index contributed by atoms with van der Waals surface area (Å²) in [6.07, 6.45) is 4.70. The fraction of sp³-hybridized carbons (Fsp3) is 0.667. The zero-order valence-corrected chi connectivity index (χ0v) is 11.5. The lowest BCUT2D eigenvalue weighted by Gasteiger charge is -2.29. The standard InChI is InChI=1S/C12H21NS2/c1-4-12(5-2,14-3)10-13-9-11-7-6-8-15-11/h6-8,13H,4-5,9-10H2,1-3H3. The summed E-state index contributed by atoms with van der Waals surface area (Å²) in [4.78, 5) is 1.43. The van der Waals surface area contributed by atoms with Gasteiger partial charge in [0, 0.05) is 22.7 Å². The maximum Gasteiger partial charge on any atom is 0.0300 e. The van der Waals surface area contributed by atoms with Gasteiger partial charge in [-0.3, -0.25) is 0 Å². The highest BCUT2D eigenvalue weighted by Crippen LogP contribution is 2.29. The quantitative estimate of drug-likeness (QED) is 0.782. The van der Waals surface area contributed by atoms with Crippen molar-refractivity contribution >= 4 is 23.1 Å². The molecule has 0 atom stereocenters. The smallest absolute Gasteiger partial charge is 0.0300 e. The Hall–Kier alpha value is 0.01000. The Morgan fingerprint density at radius 1 is 1.40 bits per heavy atom. The van der Waals surface area contributed by atoms with Gasteiger partial charge in [-0.05, 0) is 30.5 Å². The molecule has 0 spiro atoms. The molecule has 0 fully saturated rings. The molecule has 1 N–H and O–H groups in total. The highest BCUT2D eigenvalue weighted by Gasteiger charge is 2.23. The summed E-state index contributed by atoms with van der Waals surface area (Å²) < 4.78 is 0.428. The van der Waals surface area contributed by atoms with Crippen LogP contribution in [0.4, 0.5) is 0 Å². The number of rotatable bonds is 7. The molecule has 86 valence electrons. The highest BCUT2D eigenvalue weighted by molar-refractivity contribution is 8.00. The van der Waals surface area contributed by atoms with Crippen LogP contribution in [-0.2, 0) is 6.54 Å². The van der Waals surface area contributed by atoms with Crippen LogP contribution in [0.5, 0.6) is 0 Å². The summed E-state index contributed by atoms with van der Waals surface area (Å²) in [7, 11) is 0. The molecule has 0 saturated carbocycles. The molecule has 15 heavy (non-hydrogen) atoms. The largest absolute Gasteiger partial charge is 0.310 e. The summed E-state index contributed by atoms with van der Waals surface area (Å²) in [6.45, 7) is 6.69. The summed E-state index contributed by atoms with van der Waals surface area (Å²) in [5.74, 6) is 0. The minimum absolute atomic E-state index is 0.428. The van der Waals surface area contributed by atoms with Crippen LogP contribution in [0.15, 0.2) is 17.5 Å². The summed E-state index contributed by atoms with van der Waals surface area (Å²) in [5.41, 5.74) is 0. The van der Waals surface area contributed by atoms with E-state index in [-0.39, 0.29) is 0 Å². The number of thioether (sulfide) groups is 1. The fourth-order valence-corrected chi connectivity index (χ4v) is 3.19. The highest BCUT2D eigenvalue weighted by atomic mass is 32.2. The molecule has 1 aromatic rings. The van der Waals surface area contributed by atoms with E-state index >= 15 is 0 Å². The van der Waals surface area contributed by atoms with Crippen molar-refractivity contribution < 1.29 is 0 Å². The second-order valence-corrected chi connectivity index (χ2v) is 6.08. The van der Waals surface area contributed by atoms with Crippen LogP contribution in [0.3, 0.4) is 0 Å². The molecule has 0 aliphatic heterocycles. The van der Waals surface area contributed by atoms with E-state index < -0.39 is 0 Å². The molecule has 1 aromatic heterocycles. The van der Waals surface area contributed by atoms with Crippen LogP contribution >= 0.6 is 23.1 Å².